The first-order valence-corrected chi connectivity index (χ1v) is 7.35. The third kappa shape index (κ3) is 5.66. The summed E-state index contributed by atoms with van der Waals surface area (Å²) in [4.78, 5) is 11.9. The average Bonchev–Trinajstić information content (AvgIpc) is 2.66. The monoisotopic (exact) mass is 303 g/mol. The van der Waals surface area contributed by atoms with E-state index in [1.54, 1.807) is 11.3 Å². The number of thiophene rings is 1. The molecule has 1 amide bonds. The van der Waals surface area contributed by atoms with Gasteiger partial charge in [0, 0.05) is 11.4 Å². The predicted molar refractivity (Wildman–Crippen MR) is 73.2 cm³/mol. The van der Waals surface area contributed by atoms with Gasteiger partial charge >= 0.3 is 0 Å². The number of amides is 1. The van der Waals surface area contributed by atoms with Crippen LogP contribution in [0.4, 0.5) is 0 Å². The topological polar surface area (TPSA) is 29.1 Å². The van der Waals surface area contributed by atoms with Gasteiger partial charge in [0.1, 0.15) is 0 Å². The summed E-state index contributed by atoms with van der Waals surface area (Å²) >= 11 is 5.20. The van der Waals surface area contributed by atoms with Crippen LogP contribution in [0.2, 0.25) is 0 Å². The minimum absolute atomic E-state index is 0.103. The van der Waals surface area contributed by atoms with Crippen LogP contribution in [0, 0.1) is 5.92 Å². The molecule has 1 rings (SSSR count). The average molecular weight is 304 g/mol. The van der Waals surface area contributed by atoms with Crippen LogP contribution in [0.1, 0.15) is 25.8 Å². The van der Waals surface area contributed by atoms with Gasteiger partial charge in [-0.1, -0.05) is 29.8 Å². The van der Waals surface area contributed by atoms with E-state index in [4.69, 9.17) is 0 Å². The van der Waals surface area contributed by atoms with E-state index in [0.29, 0.717) is 23.7 Å². The Morgan fingerprint density at radius 2 is 2.31 bits per heavy atom. The van der Waals surface area contributed by atoms with Crippen LogP contribution >= 0.6 is 27.3 Å². The van der Waals surface area contributed by atoms with Crippen LogP contribution in [0.25, 0.3) is 0 Å². The fourth-order valence-electron chi connectivity index (χ4n) is 1.46. The number of carbonyl (C=O) groups is 1. The van der Waals surface area contributed by atoms with Crippen molar-refractivity contribution in [2.75, 3.05) is 6.54 Å². The fourth-order valence-corrected chi connectivity index (χ4v) is 3.04. The van der Waals surface area contributed by atoms with Crippen LogP contribution in [0.3, 0.4) is 0 Å². The lowest BCUT2D eigenvalue weighted by Gasteiger charge is -2.13. The van der Waals surface area contributed by atoms with Crippen molar-refractivity contribution < 1.29 is 4.79 Å². The summed E-state index contributed by atoms with van der Waals surface area (Å²) in [5, 5.41) is 6.95. The molecule has 1 heterocycles. The fraction of sp³-hybridized carbons (Fsp3) is 0.583. The molecule has 1 aromatic heterocycles. The van der Waals surface area contributed by atoms with Crippen LogP contribution in [0.5, 0.6) is 0 Å². The molecule has 0 radical (unpaired) electrons. The second-order valence-electron chi connectivity index (χ2n) is 4.34. The molecule has 0 aromatic carbocycles. The number of nitrogens with one attached hydrogen (secondary N) is 1. The highest BCUT2D eigenvalue weighted by Crippen LogP contribution is 2.11. The number of carbonyl (C=O) groups excluding carboxylic acids is 1. The van der Waals surface area contributed by atoms with Gasteiger partial charge in [-0.3, -0.25) is 4.79 Å². The first kappa shape index (κ1) is 13.7. The van der Waals surface area contributed by atoms with Crippen molar-refractivity contribution in [2.24, 2.45) is 5.92 Å². The summed E-state index contributed by atoms with van der Waals surface area (Å²) < 4.78 is 0. The van der Waals surface area contributed by atoms with Crippen molar-refractivity contribution in [3.05, 3.63) is 22.4 Å². The second-order valence-corrected chi connectivity index (χ2v) is 6.41. The van der Waals surface area contributed by atoms with Gasteiger partial charge in [0.25, 0.3) is 0 Å². The minimum atomic E-state index is 0.103. The van der Waals surface area contributed by atoms with Crippen molar-refractivity contribution >= 4 is 33.2 Å². The Balaban J connectivity index is 2.20. The number of alkyl halides is 1. The Morgan fingerprint density at radius 1 is 1.56 bits per heavy atom. The van der Waals surface area contributed by atoms with E-state index < -0.39 is 0 Å². The first-order chi connectivity index (χ1) is 7.58. The molecule has 1 atom stereocenters. The van der Waals surface area contributed by atoms with E-state index in [2.05, 4.69) is 35.1 Å². The number of hydrogen-bond donors (Lipinski definition) is 1. The second kappa shape index (κ2) is 7.07. The lowest BCUT2D eigenvalue weighted by molar-refractivity contribution is -0.120. The van der Waals surface area contributed by atoms with Gasteiger partial charge in [-0.2, -0.15) is 11.3 Å². The van der Waals surface area contributed by atoms with Gasteiger partial charge < -0.3 is 5.32 Å². The van der Waals surface area contributed by atoms with Crippen LogP contribution in [0.15, 0.2) is 16.8 Å². The molecule has 0 bridgehead atoms. The Bertz CT molecular complexity index is 311. The first-order valence-electron chi connectivity index (χ1n) is 5.49. The van der Waals surface area contributed by atoms with Crippen LogP contribution < -0.4 is 5.32 Å². The summed E-state index contributed by atoms with van der Waals surface area (Å²) in [6.07, 6.45) is 1.57. The Hall–Kier alpha value is -0.350. The third-order valence-corrected chi connectivity index (χ3v) is 3.62. The zero-order chi connectivity index (χ0) is 12.0. The molecule has 0 aliphatic rings. The molecule has 0 aliphatic heterocycles. The van der Waals surface area contributed by atoms with Crippen molar-refractivity contribution in [3.8, 4) is 0 Å². The molecule has 1 aromatic rings. The van der Waals surface area contributed by atoms with E-state index in [9.17, 15) is 4.79 Å². The van der Waals surface area contributed by atoms with Crippen LogP contribution in [-0.2, 0) is 11.2 Å². The smallest absolute Gasteiger partial charge is 0.224 e. The van der Waals surface area contributed by atoms with E-state index in [1.165, 1.54) is 0 Å². The maximum atomic E-state index is 11.6. The Labute approximate surface area is 110 Å². The van der Waals surface area contributed by atoms with Gasteiger partial charge in [0.05, 0.1) is 6.42 Å². The van der Waals surface area contributed by atoms with Gasteiger partial charge in [-0.05, 0) is 34.7 Å². The molecule has 0 fully saturated rings. The van der Waals surface area contributed by atoms with Crippen molar-refractivity contribution in [1.82, 2.24) is 5.32 Å². The van der Waals surface area contributed by atoms with Crippen LogP contribution in [-0.4, -0.2) is 17.3 Å². The summed E-state index contributed by atoms with van der Waals surface area (Å²) in [6, 6.07) is 1.99. The molecule has 0 saturated heterocycles. The number of hydrogen-bond acceptors (Lipinski definition) is 2. The number of rotatable bonds is 6. The Morgan fingerprint density at radius 3 is 2.88 bits per heavy atom. The molecule has 0 spiro atoms. The highest BCUT2D eigenvalue weighted by atomic mass is 79.9. The highest BCUT2D eigenvalue weighted by molar-refractivity contribution is 9.09. The van der Waals surface area contributed by atoms with Gasteiger partial charge in [-0.25, -0.2) is 0 Å². The molecular formula is C12H18BrNOS. The summed E-state index contributed by atoms with van der Waals surface area (Å²) in [6.45, 7) is 5.07. The van der Waals surface area contributed by atoms with E-state index in [1.807, 2.05) is 16.8 Å². The van der Waals surface area contributed by atoms with Crippen molar-refractivity contribution in [3.63, 3.8) is 0 Å². The van der Waals surface area contributed by atoms with Gasteiger partial charge in [0.2, 0.25) is 5.91 Å². The largest absolute Gasteiger partial charge is 0.355 e. The minimum Gasteiger partial charge on any atom is -0.355 e. The van der Waals surface area contributed by atoms with E-state index in [-0.39, 0.29) is 5.91 Å². The standard InChI is InChI=1S/C12H18BrNOS/c1-9(2)5-11(13)7-14-12(15)6-10-3-4-16-8-10/h3-4,8-9,11H,5-7H2,1-2H3,(H,14,15). The van der Waals surface area contributed by atoms with Gasteiger partial charge in [0.15, 0.2) is 0 Å². The molecule has 1 N–H and O–H groups in total. The summed E-state index contributed by atoms with van der Waals surface area (Å²) in [5.74, 6) is 0.754. The molecule has 0 aliphatic carbocycles. The highest BCUT2D eigenvalue weighted by Gasteiger charge is 2.09. The van der Waals surface area contributed by atoms with Crippen molar-refractivity contribution in [1.29, 1.82) is 0 Å². The zero-order valence-electron chi connectivity index (χ0n) is 9.70. The quantitative estimate of drug-likeness (QED) is 0.803. The molecule has 90 valence electrons. The lowest BCUT2D eigenvalue weighted by atomic mass is 10.1. The van der Waals surface area contributed by atoms with E-state index in [0.717, 1.165) is 12.0 Å². The molecule has 1 unspecified atom stereocenters. The maximum absolute atomic E-state index is 11.6. The summed E-state index contributed by atoms with van der Waals surface area (Å²) in [5.41, 5.74) is 1.09. The lowest BCUT2D eigenvalue weighted by Crippen LogP contribution is -2.31. The molecular weight excluding hydrogens is 286 g/mol. The predicted octanol–water partition coefficient (Wildman–Crippen LogP) is 3.22. The molecule has 16 heavy (non-hydrogen) atoms. The summed E-state index contributed by atoms with van der Waals surface area (Å²) in [7, 11) is 0. The normalized spacial score (nSPS) is 12.8. The third-order valence-electron chi connectivity index (χ3n) is 2.19. The Kier molecular flexibility index (Phi) is 6.06. The number of halogens is 1. The van der Waals surface area contributed by atoms with Gasteiger partial charge in [-0.15, -0.1) is 0 Å². The maximum Gasteiger partial charge on any atom is 0.224 e. The SMILES string of the molecule is CC(C)CC(Br)CNC(=O)Cc1ccsc1. The molecule has 4 heteroatoms. The zero-order valence-corrected chi connectivity index (χ0v) is 12.1. The van der Waals surface area contributed by atoms with Crippen molar-refractivity contribution in [2.45, 2.75) is 31.5 Å². The van der Waals surface area contributed by atoms with E-state index >= 15 is 0 Å². The molecule has 2 nitrogen and oxygen atoms in total. The molecule has 0 saturated carbocycles.